The molecule has 1 N–H and O–H groups in total. The Morgan fingerprint density at radius 2 is 2.04 bits per heavy atom. The molecule has 0 saturated carbocycles. The zero-order valence-electron chi connectivity index (χ0n) is 14.5. The second-order valence-corrected chi connectivity index (χ2v) is 8.63. The average molecular weight is 473 g/mol. The van der Waals surface area contributed by atoms with E-state index in [4.69, 9.17) is 0 Å². The number of rotatable bonds is 5. The number of carbonyl (C=O) groups excluding carboxylic acids is 1. The summed E-state index contributed by atoms with van der Waals surface area (Å²) in [7, 11) is 1.77. The lowest BCUT2D eigenvalue weighted by atomic mass is 10.2. The molecule has 0 saturated heterocycles. The third-order valence-electron chi connectivity index (χ3n) is 3.72. The molecule has 0 aliphatic heterocycles. The summed E-state index contributed by atoms with van der Waals surface area (Å²) >= 11 is 6.18. The Morgan fingerprint density at radius 3 is 2.79 bits per heavy atom. The molecule has 0 bridgehead atoms. The van der Waals surface area contributed by atoms with Crippen LogP contribution >= 0.6 is 39.0 Å². The van der Waals surface area contributed by atoms with Crippen LogP contribution in [0, 0.1) is 0 Å². The van der Waals surface area contributed by atoms with Crippen molar-refractivity contribution in [2.45, 2.75) is 10.1 Å². The number of nitrogens with one attached hydrogen (secondary N) is 1. The van der Waals surface area contributed by atoms with Crippen molar-refractivity contribution < 1.29 is 4.79 Å². The van der Waals surface area contributed by atoms with Crippen molar-refractivity contribution in [1.82, 2.24) is 25.2 Å². The predicted octanol–water partition coefficient (Wildman–Crippen LogP) is 4.50. The average Bonchev–Trinajstić information content (AvgIpc) is 3.34. The van der Waals surface area contributed by atoms with Crippen LogP contribution in [0.2, 0.25) is 0 Å². The van der Waals surface area contributed by atoms with Crippen molar-refractivity contribution in [3.63, 3.8) is 0 Å². The summed E-state index contributed by atoms with van der Waals surface area (Å²) in [5.41, 5.74) is 1.65. The number of anilines is 1. The molecule has 2 aromatic heterocycles. The van der Waals surface area contributed by atoms with Gasteiger partial charge in [0.25, 0.3) is 5.91 Å². The molecule has 0 aliphatic rings. The van der Waals surface area contributed by atoms with E-state index in [1.165, 1.54) is 23.1 Å². The molecule has 0 unspecified atom stereocenters. The van der Waals surface area contributed by atoms with Gasteiger partial charge in [0.05, 0.1) is 11.9 Å². The Balaban J connectivity index is 1.57. The van der Waals surface area contributed by atoms with Gasteiger partial charge in [0.15, 0.2) is 0 Å². The van der Waals surface area contributed by atoms with E-state index in [-0.39, 0.29) is 5.91 Å². The van der Waals surface area contributed by atoms with Crippen LogP contribution in [0.3, 0.4) is 0 Å². The zero-order valence-corrected chi connectivity index (χ0v) is 17.8. The van der Waals surface area contributed by atoms with Crippen LogP contribution in [-0.4, -0.2) is 31.1 Å². The van der Waals surface area contributed by atoms with Gasteiger partial charge < -0.3 is 5.32 Å². The number of halogens is 1. The van der Waals surface area contributed by atoms with E-state index in [2.05, 4.69) is 41.8 Å². The number of tetrazole rings is 1. The Bertz CT molecular complexity index is 1130. The molecular weight excluding hydrogens is 460 g/mol. The van der Waals surface area contributed by atoms with Crippen LogP contribution in [-0.2, 0) is 7.05 Å². The molecular formula is C18H13BrN6OS2. The largest absolute Gasteiger partial charge is 0.320 e. The molecule has 140 valence electrons. The van der Waals surface area contributed by atoms with E-state index in [1.807, 2.05) is 48.5 Å². The van der Waals surface area contributed by atoms with E-state index in [9.17, 15) is 4.79 Å². The number of hydrogen-bond donors (Lipinski definition) is 1. The van der Waals surface area contributed by atoms with Crippen LogP contribution in [0.15, 0.2) is 69.3 Å². The number of aryl methyl sites for hydroxylation is 1. The molecule has 0 spiro atoms. The van der Waals surface area contributed by atoms with Gasteiger partial charge >= 0.3 is 0 Å². The van der Waals surface area contributed by atoms with Crippen molar-refractivity contribution in [2.75, 3.05) is 5.32 Å². The van der Waals surface area contributed by atoms with Crippen LogP contribution in [0.5, 0.6) is 0 Å². The molecule has 2 aromatic carbocycles. The van der Waals surface area contributed by atoms with Crippen molar-refractivity contribution in [3.05, 3.63) is 64.1 Å². The Morgan fingerprint density at radius 1 is 1.21 bits per heavy atom. The molecule has 0 radical (unpaired) electrons. The highest BCUT2D eigenvalue weighted by Gasteiger charge is 2.16. The minimum absolute atomic E-state index is 0.212. The lowest BCUT2D eigenvalue weighted by molar-refractivity contribution is 0.103. The Kier molecular flexibility index (Phi) is 5.51. The maximum absolute atomic E-state index is 12.8. The number of thiazole rings is 1. The van der Waals surface area contributed by atoms with Crippen molar-refractivity contribution in [3.8, 4) is 10.6 Å². The predicted molar refractivity (Wildman–Crippen MR) is 113 cm³/mol. The lowest BCUT2D eigenvalue weighted by Crippen LogP contribution is -2.11. The van der Waals surface area contributed by atoms with Gasteiger partial charge in [0, 0.05) is 22.0 Å². The lowest BCUT2D eigenvalue weighted by Gasteiger charge is -2.10. The van der Waals surface area contributed by atoms with Gasteiger partial charge in [0.2, 0.25) is 5.16 Å². The van der Waals surface area contributed by atoms with Gasteiger partial charge in [-0.1, -0.05) is 46.3 Å². The van der Waals surface area contributed by atoms with E-state index in [0.29, 0.717) is 15.7 Å². The highest BCUT2D eigenvalue weighted by molar-refractivity contribution is 9.10. The smallest absolute Gasteiger partial charge is 0.267 e. The summed E-state index contributed by atoms with van der Waals surface area (Å²) in [6.07, 6.45) is 1.60. The van der Waals surface area contributed by atoms with E-state index >= 15 is 0 Å². The molecule has 0 atom stereocenters. The van der Waals surface area contributed by atoms with E-state index in [1.54, 1.807) is 17.9 Å². The van der Waals surface area contributed by atoms with Gasteiger partial charge in [-0.2, -0.15) is 0 Å². The van der Waals surface area contributed by atoms with Crippen molar-refractivity contribution >= 4 is 50.6 Å². The first-order chi connectivity index (χ1) is 13.6. The van der Waals surface area contributed by atoms with Gasteiger partial charge in [-0.15, -0.1) is 16.4 Å². The molecule has 10 heteroatoms. The molecule has 7 nitrogen and oxygen atoms in total. The topological polar surface area (TPSA) is 85.6 Å². The SMILES string of the molecule is Cn1nnnc1Sc1ccc(Br)cc1NC(=O)c1cnc(-c2ccccc2)s1. The minimum Gasteiger partial charge on any atom is -0.320 e. The number of hydrogen-bond acceptors (Lipinski definition) is 7. The normalized spacial score (nSPS) is 10.8. The number of carbonyl (C=O) groups is 1. The molecule has 0 aliphatic carbocycles. The van der Waals surface area contributed by atoms with E-state index in [0.717, 1.165) is 19.9 Å². The number of benzene rings is 2. The number of aromatic nitrogens is 5. The van der Waals surface area contributed by atoms with Gasteiger partial charge in [-0.05, 0) is 40.4 Å². The van der Waals surface area contributed by atoms with Crippen LogP contribution < -0.4 is 5.32 Å². The first-order valence-electron chi connectivity index (χ1n) is 8.12. The van der Waals surface area contributed by atoms with Crippen molar-refractivity contribution in [2.24, 2.45) is 7.05 Å². The second-order valence-electron chi connectivity index (χ2n) is 5.68. The van der Waals surface area contributed by atoms with Gasteiger partial charge in [-0.3, -0.25) is 4.79 Å². The highest BCUT2D eigenvalue weighted by Crippen LogP contribution is 2.34. The fourth-order valence-corrected chi connectivity index (χ4v) is 4.35. The molecule has 2 heterocycles. The van der Waals surface area contributed by atoms with Gasteiger partial charge in [-0.25, -0.2) is 9.67 Å². The standard InChI is InChI=1S/C18H13BrN6OS2/c1-25-18(22-23-24-25)28-14-8-7-12(19)9-13(14)21-16(26)15-10-20-17(27-15)11-5-3-2-4-6-11/h2-10H,1H3,(H,21,26). The third kappa shape index (κ3) is 4.13. The summed E-state index contributed by atoms with van der Waals surface area (Å²) in [6, 6.07) is 15.4. The molecule has 4 aromatic rings. The number of amides is 1. The zero-order chi connectivity index (χ0) is 19.5. The fraction of sp³-hybridized carbons (Fsp3) is 0.0556. The molecule has 28 heavy (non-hydrogen) atoms. The summed E-state index contributed by atoms with van der Waals surface area (Å²) in [5, 5.41) is 15.9. The maximum atomic E-state index is 12.8. The van der Waals surface area contributed by atoms with Crippen molar-refractivity contribution in [1.29, 1.82) is 0 Å². The Hall–Kier alpha value is -2.56. The number of nitrogens with zero attached hydrogens (tertiary/aromatic N) is 5. The van der Waals surface area contributed by atoms with Crippen LogP contribution in [0.4, 0.5) is 5.69 Å². The first-order valence-corrected chi connectivity index (χ1v) is 10.5. The summed E-state index contributed by atoms with van der Waals surface area (Å²) in [4.78, 5) is 18.5. The Labute approximate surface area is 177 Å². The monoisotopic (exact) mass is 472 g/mol. The fourth-order valence-electron chi connectivity index (χ4n) is 2.37. The molecule has 0 fully saturated rings. The summed E-state index contributed by atoms with van der Waals surface area (Å²) in [5.74, 6) is -0.212. The second kappa shape index (κ2) is 8.21. The van der Waals surface area contributed by atoms with Crippen LogP contribution in [0.25, 0.3) is 10.6 Å². The van der Waals surface area contributed by atoms with Crippen LogP contribution in [0.1, 0.15) is 9.67 Å². The maximum Gasteiger partial charge on any atom is 0.267 e. The summed E-state index contributed by atoms with van der Waals surface area (Å²) in [6.45, 7) is 0. The quantitative estimate of drug-likeness (QED) is 0.460. The highest BCUT2D eigenvalue weighted by atomic mass is 79.9. The first kappa shape index (κ1) is 18.8. The minimum atomic E-state index is -0.212. The molecule has 1 amide bonds. The van der Waals surface area contributed by atoms with Gasteiger partial charge in [0.1, 0.15) is 9.88 Å². The molecule has 4 rings (SSSR count). The third-order valence-corrected chi connectivity index (χ3v) is 6.37. The van der Waals surface area contributed by atoms with E-state index < -0.39 is 0 Å². The summed E-state index contributed by atoms with van der Waals surface area (Å²) < 4.78 is 2.44.